The van der Waals surface area contributed by atoms with Crippen LogP contribution in [0.25, 0.3) is 5.83 Å². The van der Waals surface area contributed by atoms with E-state index >= 15 is 0 Å². The molecular formula is C17H24FNO. The first-order valence-corrected chi connectivity index (χ1v) is 7.41. The lowest BCUT2D eigenvalue weighted by molar-refractivity contribution is 0.209. The molecule has 1 fully saturated rings. The predicted octanol–water partition coefficient (Wildman–Crippen LogP) is 4.27. The van der Waals surface area contributed by atoms with Crippen LogP contribution >= 0.6 is 0 Å². The van der Waals surface area contributed by atoms with E-state index in [2.05, 4.69) is 11.9 Å². The summed E-state index contributed by atoms with van der Waals surface area (Å²) in [5, 5.41) is 0. The number of halogens is 1. The molecule has 1 aliphatic carbocycles. The van der Waals surface area contributed by atoms with Crippen molar-refractivity contribution in [3.8, 4) is 5.75 Å². The fourth-order valence-corrected chi connectivity index (χ4v) is 2.76. The third-order valence-corrected chi connectivity index (χ3v) is 4.12. The molecule has 0 amide bonds. The van der Waals surface area contributed by atoms with Gasteiger partial charge in [-0.25, -0.2) is 4.39 Å². The van der Waals surface area contributed by atoms with Crippen LogP contribution in [-0.4, -0.2) is 31.6 Å². The van der Waals surface area contributed by atoms with Gasteiger partial charge in [-0.05, 0) is 50.2 Å². The summed E-state index contributed by atoms with van der Waals surface area (Å²) in [6, 6.07) is 7.70. The number of likely N-dealkylation sites (N-methyl/N-ethyl adjacent to an activating group) is 1. The minimum atomic E-state index is -0.157. The maximum atomic E-state index is 14.1. The van der Waals surface area contributed by atoms with Gasteiger partial charge in [-0.2, -0.15) is 0 Å². The van der Waals surface area contributed by atoms with Crippen LogP contribution in [0.4, 0.5) is 4.39 Å². The Labute approximate surface area is 121 Å². The molecule has 1 saturated carbocycles. The summed E-state index contributed by atoms with van der Waals surface area (Å²) in [7, 11) is 3.70. The molecule has 0 unspecified atom stereocenters. The molecule has 0 aromatic heterocycles. The van der Waals surface area contributed by atoms with Gasteiger partial charge in [0.15, 0.2) is 0 Å². The fraction of sp³-hybridized carbons (Fsp3) is 0.529. The number of ether oxygens (including phenoxy) is 1. The first-order chi connectivity index (χ1) is 9.70. The van der Waals surface area contributed by atoms with Crippen LogP contribution in [0.15, 0.2) is 30.3 Å². The summed E-state index contributed by atoms with van der Waals surface area (Å²) in [6.45, 7) is 0.669. The van der Waals surface area contributed by atoms with Gasteiger partial charge in [0.2, 0.25) is 0 Å². The summed E-state index contributed by atoms with van der Waals surface area (Å²) in [4.78, 5) is 2.27. The quantitative estimate of drug-likeness (QED) is 0.797. The standard InChI is InChI=1S/C17H24FNO/c1-19(15-6-4-3-5-7-15)13-12-17(18)14-8-10-16(20-2)11-9-14/h8-12,15H,3-7,13H2,1-2H3/b17-12-. The molecule has 0 saturated heterocycles. The average molecular weight is 277 g/mol. The molecule has 20 heavy (non-hydrogen) atoms. The Balaban J connectivity index is 1.91. The Hall–Kier alpha value is -1.35. The second kappa shape index (κ2) is 7.44. The van der Waals surface area contributed by atoms with Crippen molar-refractivity contribution >= 4 is 5.83 Å². The number of nitrogens with zero attached hydrogens (tertiary/aromatic N) is 1. The van der Waals surface area contributed by atoms with Crippen LogP contribution in [0.5, 0.6) is 5.75 Å². The second-order valence-corrected chi connectivity index (χ2v) is 5.51. The van der Waals surface area contributed by atoms with E-state index < -0.39 is 0 Å². The number of hydrogen-bond donors (Lipinski definition) is 0. The van der Waals surface area contributed by atoms with Crippen LogP contribution in [0.1, 0.15) is 37.7 Å². The molecule has 1 aromatic carbocycles. The third-order valence-electron chi connectivity index (χ3n) is 4.12. The lowest BCUT2D eigenvalue weighted by atomic mass is 9.94. The summed E-state index contributed by atoms with van der Waals surface area (Å²) < 4.78 is 19.2. The summed E-state index contributed by atoms with van der Waals surface area (Å²) in [5.41, 5.74) is 0.614. The van der Waals surface area contributed by atoms with E-state index in [0.29, 0.717) is 18.2 Å². The van der Waals surface area contributed by atoms with Crippen molar-refractivity contribution < 1.29 is 9.13 Å². The van der Waals surface area contributed by atoms with Crippen molar-refractivity contribution in [2.75, 3.05) is 20.7 Å². The Kier molecular flexibility index (Phi) is 5.60. The Bertz CT molecular complexity index is 435. The molecule has 0 bridgehead atoms. The van der Waals surface area contributed by atoms with Gasteiger partial charge in [0.1, 0.15) is 11.6 Å². The first-order valence-electron chi connectivity index (χ1n) is 7.41. The maximum Gasteiger partial charge on any atom is 0.127 e. The van der Waals surface area contributed by atoms with E-state index in [9.17, 15) is 4.39 Å². The Morgan fingerprint density at radius 3 is 2.50 bits per heavy atom. The molecule has 2 rings (SSSR count). The number of hydrogen-bond acceptors (Lipinski definition) is 2. The van der Waals surface area contributed by atoms with Gasteiger partial charge >= 0.3 is 0 Å². The summed E-state index contributed by atoms with van der Waals surface area (Å²) in [5.74, 6) is 0.594. The van der Waals surface area contributed by atoms with Crippen LogP contribution in [-0.2, 0) is 0 Å². The third kappa shape index (κ3) is 4.07. The average Bonchev–Trinajstić information content (AvgIpc) is 2.53. The van der Waals surface area contributed by atoms with Crippen LogP contribution in [0.2, 0.25) is 0 Å². The molecule has 110 valence electrons. The van der Waals surface area contributed by atoms with E-state index in [1.807, 2.05) is 0 Å². The zero-order chi connectivity index (χ0) is 14.4. The van der Waals surface area contributed by atoms with Crippen LogP contribution in [0.3, 0.4) is 0 Å². The molecule has 1 aliphatic rings. The zero-order valence-electron chi connectivity index (χ0n) is 12.4. The maximum absolute atomic E-state index is 14.1. The molecule has 0 N–H and O–H groups in total. The second-order valence-electron chi connectivity index (χ2n) is 5.51. The smallest absolute Gasteiger partial charge is 0.127 e. The van der Waals surface area contributed by atoms with E-state index in [-0.39, 0.29) is 5.83 Å². The predicted molar refractivity (Wildman–Crippen MR) is 81.6 cm³/mol. The molecule has 0 aliphatic heterocycles. The normalized spacial score (nSPS) is 17.5. The highest BCUT2D eigenvalue weighted by atomic mass is 19.1. The van der Waals surface area contributed by atoms with Crippen molar-refractivity contribution in [2.24, 2.45) is 0 Å². The monoisotopic (exact) mass is 277 g/mol. The highest BCUT2D eigenvalue weighted by Gasteiger charge is 2.17. The number of methoxy groups -OCH3 is 1. The fourth-order valence-electron chi connectivity index (χ4n) is 2.76. The van der Waals surface area contributed by atoms with Crippen LogP contribution < -0.4 is 4.74 Å². The van der Waals surface area contributed by atoms with Gasteiger partial charge in [-0.1, -0.05) is 19.3 Å². The van der Waals surface area contributed by atoms with Crippen molar-refractivity contribution in [2.45, 2.75) is 38.1 Å². The Morgan fingerprint density at radius 1 is 1.25 bits per heavy atom. The molecule has 0 heterocycles. The molecule has 0 radical (unpaired) electrons. The van der Waals surface area contributed by atoms with E-state index in [4.69, 9.17) is 4.74 Å². The van der Waals surface area contributed by atoms with Gasteiger partial charge < -0.3 is 4.74 Å². The van der Waals surface area contributed by atoms with Gasteiger partial charge in [0.25, 0.3) is 0 Å². The molecule has 0 spiro atoms. The molecule has 2 nitrogen and oxygen atoms in total. The first kappa shape index (κ1) is 15.0. The molecule has 3 heteroatoms. The molecular weight excluding hydrogens is 253 g/mol. The lowest BCUT2D eigenvalue weighted by Crippen LogP contribution is -2.33. The molecule has 0 atom stereocenters. The van der Waals surface area contributed by atoms with Crippen molar-refractivity contribution in [1.82, 2.24) is 4.90 Å². The minimum Gasteiger partial charge on any atom is -0.497 e. The minimum absolute atomic E-state index is 0.157. The lowest BCUT2D eigenvalue weighted by Gasteiger charge is -2.30. The van der Waals surface area contributed by atoms with Crippen LogP contribution in [0, 0.1) is 0 Å². The van der Waals surface area contributed by atoms with E-state index in [1.165, 1.54) is 32.1 Å². The highest BCUT2D eigenvalue weighted by molar-refractivity contribution is 5.59. The number of benzene rings is 1. The Morgan fingerprint density at radius 2 is 1.90 bits per heavy atom. The van der Waals surface area contributed by atoms with E-state index in [0.717, 1.165) is 5.75 Å². The summed E-state index contributed by atoms with van der Waals surface area (Å²) >= 11 is 0. The van der Waals surface area contributed by atoms with Gasteiger partial charge in [0, 0.05) is 18.2 Å². The van der Waals surface area contributed by atoms with Gasteiger partial charge in [-0.15, -0.1) is 0 Å². The van der Waals surface area contributed by atoms with E-state index in [1.54, 1.807) is 37.5 Å². The van der Waals surface area contributed by atoms with Crippen molar-refractivity contribution in [3.63, 3.8) is 0 Å². The van der Waals surface area contributed by atoms with Crippen molar-refractivity contribution in [3.05, 3.63) is 35.9 Å². The van der Waals surface area contributed by atoms with Gasteiger partial charge in [-0.3, -0.25) is 4.90 Å². The molecule has 1 aromatic rings. The zero-order valence-corrected chi connectivity index (χ0v) is 12.4. The topological polar surface area (TPSA) is 12.5 Å². The SMILES string of the molecule is COc1ccc(/C(F)=C/CN(C)C2CCCCC2)cc1. The largest absolute Gasteiger partial charge is 0.497 e. The summed E-state index contributed by atoms with van der Waals surface area (Å²) in [6.07, 6.45) is 8.12. The highest BCUT2D eigenvalue weighted by Crippen LogP contribution is 2.23. The van der Waals surface area contributed by atoms with Crippen molar-refractivity contribution in [1.29, 1.82) is 0 Å². The van der Waals surface area contributed by atoms with Gasteiger partial charge in [0.05, 0.1) is 7.11 Å². The number of rotatable bonds is 5.